The van der Waals surface area contributed by atoms with Crippen molar-refractivity contribution in [1.82, 2.24) is 14.9 Å². The number of carbonyl (C=O) groups is 1. The minimum Gasteiger partial charge on any atom is -0.480 e. The molecular weight excluding hydrogens is 266 g/mol. The van der Waals surface area contributed by atoms with Gasteiger partial charge in [0, 0.05) is 0 Å². The number of aliphatic carboxylic acids is 1. The molecule has 0 amide bonds. The van der Waals surface area contributed by atoms with Gasteiger partial charge in [0.25, 0.3) is 0 Å². The summed E-state index contributed by atoms with van der Waals surface area (Å²) in [6.45, 7) is 3.20. The van der Waals surface area contributed by atoms with Crippen molar-refractivity contribution in [2.45, 2.75) is 38.3 Å². The Morgan fingerprint density at radius 2 is 2.24 bits per heavy atom. The zero-order chi connectivity index (χ0) is 14.9. The summed E-state index contributed by atoms with van der Waals surface area (Å²) < 4.78 is 1.96. The highest BCUT2D eigenvalue weighted by molar-refractivity contribution is 5.81. The Hall–Kier alpha value is -1.88. The van der Waals surface area contributed by atoms with E-state index in [1.165, 1.54) is 0 Å². The van der Waals surface area contributed by atoms with Crippen LogP contribution in [0.2, 0.25) is 0 Å². The molecule has 112 valence electrons. The SMILES string of the molecule is CCCNC(Cn1cnc2ccccc21)(C(=O)O)C1CC1. The lowest BCUT2D eigenvalue weighted by Gasteiger charge is -2.31. The molecule has 2 aromatic rings. The van der Waals surface area contributed by atoms with Crippen molar-refractivity contribution < 1.29 is 9.90 Å². The number of carboxylic acids is 1. The summed E-state index contributed by atoms with van der Waals surface area (Å²) in [6.07, 6.45) is 4.63. The Bertz CT molecular complexity index is 648. The molecule has 5 nitrogen and oxygen atoms in total. The Balaban J connectivity index is 1.95. The Morgan fingerprint density at radius 1 is 1.48 bits per heavy atom. The quantitative estimate of drug-likeness (QED) is 0.820. The molecule has 0 radical (unpaired) electrons. The fourth-order valence-corrected chi connectivity index (χ4v) is 2.98. The van der Waals surface area contributed by atoms with Gasteiger partial charge in [-0.05, 0) is 43.9 Å². The van der Waals surface area contributed by atoms with Crippen molar-refractivity contribution in [3.8, 4) is 0 Å². The predicted molar refractivity (Wildman–Crippen MR) is 81.1 cm³/mol. The molecule has 0 spiro atoms. The first-order valence-corrected chi connectivity index (χ1v) is 7.55. The number of rotatable bonds is 7. The van der Waals surface area contributed by atoms with Crippen LogP contribution in [0.4, 0.5) is 0 Å². The van der Waals surface area contributed by atoms with Gasteiger partial charge in [-0.3, -0.25) is 4.79 Å². The lowest BCUT2D eigenvalue weighted by atomic mass is 9.92. The van der Waals surface area contributed by atoms with Crippen molar-refractivity contribution in [3.05, 3.63) is 30.6 Å². The molecule has 0 saturated heterocycles. The zero-order valence-electron chi connectivity index (χ0n) is 12.2. The number of hydrogen-bond donors (Lipinski definition) is 2. The molecule has 3 rings (SSSR count). The first kappa shape index (κ1) is 14.1. The van der Waals surface area contributed by atoms with E-state index in [0.717, 1.165) is 36.8 Å². The molecule has 1 heterocycles. The maximum atomic E-state index is 12.0. The fourth-order valence-electron chi connectivity index (χ4n) is 2.98. The van der Waals surface area contributed by atoms with E-state index in [4.69, 9.17) is 0 Å². The van der Waals surface area contributed by atoms with Crippen LogP contribution in [0.15, 0.2) is 30.6 Å². The Labute approximate surface area is 124 Å². The summed E-state index contributed by atoms with van der Waals surface area (Å²) in [7, 11) is 0. The summed E-state index contributed by atoms with van der Waals surface area (Å²) in [5, 5.41) is 13.1. The predicted octanol–water partition coefficient (Wildman–Crippen LogP) is 2.27. The van der Waals surface area contributed by atoms with Crippen molar-refractivity contribution >= 4 is 17.0 Å². The summed E-state index contributed by atoms with van der Waals surface area (Å²) in [5.41, 5.74) is 1.02. The van der Waals surface area contributed by atoms with Crippen LogP contribution >= 0.6 is 0 Å². The van der Waals surface area contributed by atoms with Crippen molar-refractivity contribution in [1.29, 1.82) is 0 Å². The molecule has 1 unspecified atom stereocenters. The summed E-state index contributed by atoms with van der Waals surface area (Å²) in [6, 6.07) is 7.84. The van der Waals surface area contributed by atoms with Gasteiger partial charge in [-0.1, -0.05) is 19.1 Å². The van der Waals surface area contributed by atoms with Crippen LogP contribution in [-0.2, 0) is 11.3 Å². The lowest BCUT2D eigenvalue weighted by Crippen LogP contribution is -2.57. The third kappa shape index (κ3) is 2.53. The van der Waals surface area contributed by atoms with Crippen LogP contribution in [0.3, 0.4) is 0 Å². The normalized spacial score (nSPS) is 17.8. The standard InChI is InChI=1S/C16H21N3O2/c1-2-9-18-16(15(20)21,12-7-8-12)10-19-11-17-13-5-3-4-6-14(13)19/h3-6,11-12,18H,2,7-10H2,1H3,(H,20,21). The van der Waals surface area contributed by atoms with Crippen LogP contribution in [0, 0.1) is 5.92 Å². The maximum Gasteiger partial charge on any atom is 0.326 e. The summed E-state index contributed by atoms with van der Waals surface area (Å²) >= 11 is 0. The van der Waals surface area contributed by atoms with Crippen LogP contribution in [0.25, 0.3) is 11.0 Å². The molecule has 1 aromatic carbocycles. The first-order chi connectivity index (χ1) is 10.2. The average Bonchev–Trinajstić information content (AvgIpc) is 3.26. The minimum absolute atomic E-state index is 0.211. The van der Waals surface area contributed by atoms with Crippen molar-refractivity contribution in [2.75, 3.05) is 6.54 Å². The molecule has 1 aliphatic rings. The molecule has 1 aliphatic carbocycles. The van der Waals surface area contributed by atoms with Gasteiger partial charge in [0.1, 0.15) is 5.54 Å². The number of carboxylic acid groups (broad SMARTS) is 1. The van der Waals surface area contributed by atoms with E-state index in [0.29, 0.717) is 6.54 Å². The van der Waals surface area contributed by atoms with Crippen LogP contribution in [0.5, 0.6) is 0 Å². The third-order valence-corrected chi connectivity index (χ3v) is 4.29. The second-order valence-corrected chi connectivity index (χ2v) is 5.84. The molecule has 2 N–H and O–H groups in total. The number of nitrogens with one attached hydrogen (secondary N) is 1. The molecule has 1 aromatic heterocycles. The van der Waals surface area contributed by atoms with Crippen LogP contribution in [0.1, 0.15) is 26.2 Å². The third-order valence-electron chi connectivity index (χ3n) is 4.29. The number of aromatic nitrogens is 2. The smallest absolute Gasteiger partial charge is 0.326 e. The first-order valence-electron chi connectivity index (χ1n) is 7.55. The largest absolute Gasteiger partial charge is 0.480 e. The Kier molecular flexibility index (Phi) is 3.68. The average molecular weight is 287 g/mol. The molecule has 1 fully saturated rings. The van der Waals surface area contributed by atoms with Gasteiger partial charge in [-0.25, -0.2) is 4.98 Å². The number of benzene rings is 1. The lowest BCUT2D eigenvalue weighted by molar-refractivity contribution is -0.146. The maximum absolute atomic E-state index is 12.0. The van der Waals surface area contributed by atoms with Gasteiger partial charge < -0.3 is 15.0 Å². The van der Waals surface area contributed by atoms with E-state index in [9.17, 15) is 9.90 Å². The molecule has 0 bridgehead atoms. The number of para-hydroxylation sites is 2. The van der Waals surface area contributed by atoms with Gasteiger partial charge >= 0.3 is 5.97 Å². The molecule has 1 atom stereocenters. The van der Waals surface area contributed by atoms with Gasteiger partial charge in [0.05, 0.1) is 23.9 Å². The number of fused-ring (bicyclic) bond motifs is 1. The van der Waals surface area contributed by atoms with Gasteiger partial charge in [0.2, 0.25) is 0 Å². The van der Waals surface area contributed by atoms with E-state index in [2.05, 4.69) is 17.2 Å². The fraction of sp³-hybridized carbons (Fsp3) is 0.500. The summed E-state index contributed by atoms with van der Waals surface area (Å²) in [5.74, 6) is -0.543. The van der Waals surface area contributed by atoms with E-state index in [-0.39, 0.29) is 5.92 Å². The second kappa shape index (κ2) is 5.48. The van der Waals surface area contributed by atoms with E-state index in [1.54, 1.807) is 6.33 Å². The second-order valence-electron chi connectivity index (χ2n) is 5.84. The Morgan fingerprint density at radius 3 is 2.90 bits per heavy atom. The zero-order valence-corrected chi connectivity index (χ0v) is 12.2. The molecule has 5 heteroatoms. The molecule has 21 heavy (non-hydrogen) atoms. The van der Waals surface area contributed by atoms with Crippen molar-refractivity contribution in [3.63, 3.8) is 0 Å². The van der Waals surface area contributed by atoms with Gasteiger partial charge in [-0.2, -0.15) is 0 Å². The van der Waals surface area contributed by atoms with Gasteiger partial charge in [-0.15, -0.1) is 0 Å². The molecule has 0 aliphatic heterocycles. The van der Waals surface area contributed by atoms with E-state index >= 15 is 0 Å². The van der Waals surface area contributed by atoms with Crippen molar-refractivity contribution in [2.24, 2.45) is 5.92 Å². The monoisotopic (exact) mass is 287 g/mol. The summed E-state index contributed by atoms with van der Waals surface area (Å²) in [4.78, 5) is 16.3. The topological polar surface area (TPSA) is 67.2 Å². The highest BCUT2D eigenvalue weighted by Crippen LogP contribution is 2.41. The van der Waals surface area contributed by atoms with Gasteiger partial charge in [0.15, 0.2) is 0 Å². The minimum atomic E-state index is -0.876. The number of imidazole rings is 1. The van der Waals surface area contributed by atoms with Crippen LogP contribution < -0.4 is 5.32 Å². The molecular formula is C16H21N3O2. The van der Waals surface area contributed by atoms with Crippen LogP contribution in [-0.4, -0.2) is 32.7 Å². The molecule has 1 saturated carbocycles. The van der Waals surface area contributed by atoms with E-state index < -0.39 is 11.5 Å². The highest BCUT2D eigenvalue weighted by atomic mass is 16.4. The number of hydrogen-bond acceptors (Lipinski definition) is 3. The highest BCUT2D eigenvalue weighted by Gasteiger charge is 2.51. The van der Waals surface area contributed by atoms with E-state index in [1.807, 2.05) is 28.8 Å². The number of nitrogens with zero attached hydrogens (tertiary/aromatic N) is 2.